The third-order valence-electron chi connectivity index (χ3n) is 2.72. The average molecular weight is 302 g/mol. The van der Waals surface area contributed by atoms with Gasteiger partial charge in [-0.2, -0.15) is 5.10 Å². The molecule has 2 aromatic heterocycles. The standard InChI is InChI=1S/C14H14N4S2/c1-10-2-5-13(19-10)8-15-11-3-6-12(7-4-11)20-14-16-9-17-18-14/h2-7,9,15H,8H2,1H3,(H,16,17,18). The molecule has 0 atom stereocenters. The molecule has 0 fully saturated rings. The molecular weight excluding hydrogens is 288 g/mol. The van der Waals surface area contributed by atoms with E-state index in [2.05, 4.69) is 63.8 Å². The van der Waals surface area contributed by atoms with Crippen LogP contribution in [0.4, 0.5) is 5.69 Å². The van der Waals surface area contributed by atoms with Gasteiger partial charge in [0.1, 0.15) is 6.33 Å². The van der Waals surface area contributed by atoms with E-state index in [1.807, 2.05) is 11.3 Å². The Kier molecular flexibility index (Phi) is 4.03. The van der Waals surface area contributed by atoms with Gasteiger partial charge in [0.05, 0.1) is 0 Å². The van der Waals surface area contributed by atoms with Crippen molar-refractivity contribution in [2.75, 3.05) is 5.32 Å². The number of rotatable bonds is 5. The fourth-order valence-corrected chi connectivity index (χ4v) is 3.29. The van der Waals surface area contributed by atoms with Crippen LogP contribution in [0, 0.1) is 6.92 Å². The summed E-state index contributed by atoms with van der Waals surface area (Å²) in [5.74, 6) is 0. The summed E-state index contributed by atoms with van der Waals surface area (Å²) in [7, 11) is 0. The number of nitrogens with one attached hydrogen (secondary N) is 2. The quantitative estimate of drug-likeness (QED) is 0.749. The van der Waals surface area contributed by atoms with Crippen molar-refractivity contribution in [2.45, 2.75) is 23.5 Å². The number of aryl methyl sites for hydroxylation is 1. The number of thiophene rings is 1. The second-order valence-corrected chi connectivity index (χ2v) is 6.72. The van der Waals surface area contributed by atoms with Crippen LogP contribution < -0.4 is 5.32 Å². The molecule has 6 heteroatoms. The van der Waals surface area contributed by atoms with Gasteiger partial charge in [-0.25, -0.2) is 4.98 Å². The number of hydrogen-bond donors (Lipinski definition) is 2. The van der Waals surface area contributed by atoms with Crippen molar-refractivity contribution in [3.05, 3.63) is 52.5 Å². The van der Waals surface area contributed by atoms with Crippen LogP contribution in [-0.2, 0) is 6.54 Å². The minimum Gasteiger partial charge on any atom is -0.380 e. The second-order valence-electron chi connectivity index (χ2n) is 4.28. The molecule has 102 valence electrons. The molecular formula is C14H14N4S2. The van der Waals surface area contributed by atoms with Crippen LogP contribution in [0.2, 0.25) is 0 Å². The molecule has 1 aromatic carbocycles. The van der Waals surface area contributed by atoms with Crippen LogP contribution in [0.15, 0.2) is 52.8 Å². The highest BCUT2D eigenvalue weighted by molar-refractivity contribution is 7.99. The molecule has 0 unspecified atom stereocenters. The minimum atomic E-state index is 0.805. The first-order valence-corrected chi connectivity index (χ1v) is 7.85. The van der Waals surface area contributed by atoms with Crippen LogP contribution in [0.5, 0.6) is 0 Å². The van der Waals surface area contributed by atoms with Crippen molar-refractivity contribution < 1.29 is 0 Å². The molecule has 0 aliphatic carbocycles. The van der Waals surface area contributed by atoms with E-state index < -0.39 is 0 Å². The maximum absolute atomic E-state index is 4.09. The first-order valence-electron chi connectivity index (χ1n) is 6.22. The van der Waals surface area contributed by atoms with Crippen LogP contribution in [0.25, 0.3) is 0 Å². The van der Waals surface area contributed by atoms with Crippen LogP contribution in [0.1, 0.15) is 9.75 Å². The molecule has 3 rings (SSSR count). The maximum Gasteiger partial charge on any atom is 0.188 e. The lowest BCUT2D eigenvalue weighted by Crippen LogP contribution is -1.96. The maximum atomic E-state index is 4.09. The topological polar surface area (TPSA) is 53.6 Å². The van der Waals surface area contributed by atoms with E-state index in [1.54, 1.807) is 11.8 Å². The molecule has 0 spiro atoms. The predicted octanol–water partition coefficient (Wildman–Crippen LogP) is 3.94. The summed E-state index contributed by atoms with van der Waals surface area (Å²) in [5.41, 5.74) is 1.12. The van der Waals surface area contributed by atoms with Gasteiger partial charge in [-0.1, -0.05) is 11.8 Å². The van der Waals surface area contributed by atoms with E-state index in [0.717, 1.165) is 22.3 Å². The monoisotopic (exact) mass is 302 g/mol. The molecule has 0 aliphatic heterocycles. The fourth-order valence-electron chi connectivity index (χ4n) is 1.77. The summed E-state index contributed by atoms with van der Waals surface area (Å²) in [6.07, 6.45) is 1.52. The average Bonchev–Trinajstić information content (AvgIpc) is 3.10. The smallest absolute Gasteiger partial charge is 0.188 e. The van der Waals surface area contributed by atoms with Gasteiger partial charge in [0.25, 0.3) is 0 Å². The van der Waals surface area contributed by atoms with Gasteiger partial charge in [0, 0.05) is 26.9 Å². The molecule has 0 bridgehead atoms. The Labute approximate surface area is 125 Å². The summed E-state index contributed by atoms with van der Waals surface area (Å²) in [5, 5.41) is 10.9. The Balaban J connectivity index is 1.58. The Morgan fingerprint density at radius 1 is 1.20 bits per heavy atom. The first-order chi connectivity index (χ1) is 9.79. The zero-order valence-corrected chi connectivity index (χ0v) is 12.6. The van der Waals surface area contributed by atoms with Crippen molar-refractivity contribution in [2.24, 2.45) is 0 Å². The van der Waals surface area contributed by atoms with Gasteiger partial charge >= 0.3 is 0 Å². The summed E-state index contributed by atoms with van der Waals surface area (Å²) in [6, 6.07) is 12.6. The number of nitrogens with zero attached hydrogens (tertiary/aromatic N) is 2. The second kappa shape index (κ2) is 6.11. The Hall–Kier alpha value is -1.79. The van der Waals surface area contributed by atoms with E-state index in [0.29, 0.717) is 0 Å². The summed E-state index contributed by atoms with van der Waals surface area (Å²) >= 11 is 3.39. The number of H-pyrrole nitrogens is 1. The molecule has 2 heterocycles. The molecule has 3 aromatic rings. The third-order valence-corrected chi connectivity index (χ3v) is 4.62. The van der Waals surface area contributed by atoms with E-state index in [4.69, 9.17) is 0 Å². The Bertz CT molecular complexity index is 659. The number of aromatic nitrogens is 3. The van der Waals surface area contributed by atoms with Gasteiger partial charge in [0.2, 0.25) is 0 Å². The van der Waals surface area contributed by atoms with E-state index in [9.17, 15) is 0 Å². The molecule has 2 N–H and O–H groups in total. The van der Waals surface area contributed by atoms with Gasteiger partial charge in [-0.15, -0.1) is 11.3 Å². The highest BCUT2D eigenvalue weighted by Crippen LogP contribution is 2.25. The molecule has 20 heavy (non-hydrogen) atoms. The zero-order chi connectivity index (χ0) is 13.8. The Morgan fingerprint density at radius 2 is 2.05 bits per heavy atom. The van der Waals surface area contributed by atoms with Gasteiger partial charge in [-0.05, 0) is 43.3 Å². The molecule has 0 saturated heterocycles. The van der Waals surface area contributed by atoms with Crippen molar-refractivity contribution >= 4 is 28.8 Å². The van der Waals surface area contributed by atoms with E-state index in [1.165, 1.54) is 16.1 Å². The lowest BCUT2D eigenvalue weighted by Gasteiger charge is -2.05. The van der Waals surface area contributed by atoms with Crippen LogP contribution >= 0.6 is 23.1 Å². The molecule has 0 saturated carbocycles. The molecule has 0 radical (unpaired) electrons. The number of aromatic amines is 1. The summed E-state index contributed by atoms with van der Waals surface area (Å²) < 4.78 is 0. The molecule has 0 aliphatic rings. The lowest BCUT2D eigenvalue weighted by atomic mass is 10.3. The number of benzene rings is 1. The highest BCUT2D eigenvalue weighted by atomic mass is 32.2. The van der Waals surface area contributed by atoms with Crippen molar-refractivity contribution in [3.8, 4) is 0 Å². The highest BCUT2D eigenvalue weighted by Gasteiger charge is 2.01. The Morgan fingerprint density at radius 3 is 2.70 bits per heavy atom. The van der Waals surface area contributed by atoms with Gasteiger partial charge in [-0.3, -0.25) is 5.10 Å². The predicted molar refractivity (Wildman–Crippen MR) is 83.3 cm³/mol. The number of hydrogen-bond acceptors (Lipinski definition) is 5. The van der Waals surface area contributed by atoms with Crippen molar-refractivity contribution in [3.63, 3.8) is 0 Å². The fraction of sp³-hybridized carbons (Fsp3) is 0.143. The zero-order valence-electron chi connectivity index (χ0n) is 11.0. The largest absolute Gasteiger partial charge is 0.380 e. The van der Waals surface area contributed by atoms with E-state index >= 15 is 0 Å². The normalized spacial score (nSPS) is 10.7. The van der Waals surface area contributed by atoms with Gasteiger partial charge < -0.3 is 5.32 Å². The van der Waals surface area contributed by atoms with Gasteiger partial charge in [0.15, 0.2) is 5.16 Å². The summed E-state index contributed by atoms with van der Waals surface area (Å²) in [6.45, 7) is 3.00. The van der Waals surface area contributed by atoms with E-state index in [-0.39, 0.29) is 0 Å². The van der Waals surface area contributed by atoms with Crippen molar-refractivity contribution in [1.29, 1.82) is 0 Å². The van der Waals surface area contributed by atoms with Crippen LogP contribution in [0.3, 0.4) is 0 Å². The lowest BCUT2D eigenvalue weighted by molar-refractivity contribution is 0.973. The molecule has 4 nitrogen and oxygen atoms in total. The minimum absolute atomic E-state index is 0.805. The number of anilines is 1. The van der Waals surface area contributed by atoms with Crippen LogP contribution in [-0.4, -0.2) is 15.2 Å². The van der Waals surface area contributed by atoms with Crippen molar-refractivity contribution in [1.82, 2.24) is 15.2 Å². The SMILES string of the molecule is Cc1ccc(CNc2ccc(Sc3ncn[nH]3)cc2)s1. The summed E-state index contributed by atoms with van der Waals surface area (Å²) in [4.78, 5) is 7.93. The molecule has 0 amide bonds. The third kappa shape index (κ3) is 3.40. The first kappa shape index (κ1) is 13.2.